The van der Waals surface area contributed by atoms with Crippen molar-refractivity contribution in [2.24, 2.45) is 58.2 Å². The highest BCUT2D eigenvalue weighted by Crippen LogP contribution is 2.68. The molecule has 0 aromatic carbocycles. The number of ether oxygens (including phenoxy) is 6. The minimum atomic E-state index is -1.17. The van der Waals surface area contributed by atoms with Gasteiger partial charge in [-0.3, -0.25) is 0 Å². The maximum absolute atomic E-state index is 11.8. The van der Waals surface area contributed by atoms with Crippen molar-refractivity contribution < 1.29 is 59.1 Å². The van der Waals surface area contributed by atoms with E-state index >= 15 is 0 Å². The van der Waals surface area contributed by atoms with E-state index in [2.05, 4.69) is 34.6 Å². The second-order valence-corrected chi connectivity index (χ2v) is 18.5. The molecule has 20 atom stereocenters. The molecule has 2 aliphatic heterocycles. The Labute approximate surface area is 310 Å². The molecule has 6 fully saturated rings. The molecule has 0 aromatic heterocycles. The molecule has 6 N–H and O–H groups in total. The minimum Gasteiger partial charge on any atom is -0.394 e. The van der Waals surface area contributed by atoms with Gasteiger partial charge in [0.15, 0.2) is 12.6 Å². The van der Waals surface area contributed by atoms with E-state index in [4.69, 9.17) is 28.4 Å². The van der Waals surface area contributed by atoms with Crippen LogP contribution in [0, 0.1) is 58.2 Å². The Morgan fingerprint density at radius 2 is 1.52 bits per heavy atom. The molecule has 2 saturated heterocycles. The smallest absolute Gasteiger partial charge is 0.187 e. The van der Waals surface area contributed by atoms with Crippen LogP contribution in [0.4, 0.5) is 0 Å². The van der Waals surface area contributed by atoms with E-state index in [9.17, 15) is 30.6 Å². The highest BCUT2D eigenvalue weighted by atomic mass is 16.8. The highest BCUT2D eigenvalue weighted by molar-refractivity contribution is 5.13. The van der Waals surface area contributed by atoms with Crippen LogP contribution in [0.25, 0.3) is 0 Å². The summed E-state index contributed by atoms with van der Waals surface area (Å²) in [4.78, 5) is 0. The summed E-state index contributed by atoms with van der Waals surface area (Å²) in [6.45, 7) is 11.5. The third-order valence-corrected chi connectivity index (χ3v) is 15.6. The molecule has 12 heteroatoms. The van der Waals surface area contributed by atoms with Crippen molar-refractivity contribution in [3.63, 3.8) is 0 Å². The fourth-order valence-corrected chi connectivity index (χ4v) is 12.4. The number of hydrogen-bond acceptors (Lipinski definition) is 12. The Morgan fingerprint density at radius 1 is 0.788 bits per heavy atom. The Kier molecular flexibility index (Phi) is 13.1. The van der Waals surface area contributed by atoms with Crippen molar-refractivity contribution in [1.82, 2.24) is 0 Å². The Hall–Kier alpha value is -0.480. The molecule has 6 rings (SSSR count). The summed E-state index contributed by atoms with van der Waals surface area (Å²) in [6, 6.07) is 0. The summed E-state index contributed by atoms with van der Waals surface area (Å²) in [5.74, 6) is 2.37. The van der Waals surface area contributed by atoms with Gasteiger partial charge in [0, 0.05) is 14.2 Å². The molecule has 4 aliphatic carbocycles. The van der Waals surface area contributed by atoms with Gasteiger partial charge in [-0.25, -0.2) is 0 Å². The van der Waals surface area contributed by atoms with Gasteiger partial charge in [0.25, 0.3) is 0 Å². The standard InChI is InChI=1S/C40H70O12/c1-20(2)22(18-49-38-36(33(45)30(17-41)51-38)52-37-35(48-7)34(46)31(47-6)19-50-37)9-8-21(3)26-16-29(44)32-24-15-28(43)27-14-23(42)10-12-39(27,4)25(24)11-13-40(26,32)5/h20-38,41-46H,8-19H2,1-7H3/t21?,22?,23-,24?,25?,26?,27?,28?,29+,30-,31+,32?,33?,34?,35?,36?,37-,38-,39+,40+/m0/s1. The first-order valence-corrected chi connectivity index (χ1v) is 20.3. The fourth-order valence-electron chi connectivity index (χ4n) is 12.4. The van der Waals surface area contributed by atoms with Crippen molar-refractivity contribution in [3.8, 4) is 0 Å². The van der Waals surface area contributed by atoms with Crippen molar-refractivity contribution in [1.29, 1.82) is 0 Å². The summed E-state index contributed by atoms with van der Waals surface area (Å²) in [6.07, 6.45) is -0.450. The van der Waals surface area contributed by atoms with Crippen LogP contribution in [0.2, 0.25) is 0 Å². The van der Waals surface area contributed by atoms with E-state index < -0.39 is 61.9 Å². The van der Waals surface area contributed by atoms with Crippen molar-refractivity contribution in [2.45, 2.75) is 160 Å². The average Bonchev–Trinajstić information content (AvgIpc) is 3.56. The van der Waals surface area contributed by atoms with Gasteiger partial charge in [-0.1, -0.05) is 41.0 Å². The predicted molar refractivity (Wildman–Crippen MR) is 191 cm³/mol. The highest BCUT2D eigenvalue weighted by Gasteiger charge is 2.64. The average molecular weight is 743 g/mol. The number of rotatable bonds is 13. The largest absolute Gasteiger partial charge is 0.394 e. The number of fused-ring (bicyclic) bond motifs is 5. The van der Waals surface area contributed by atoms with E-state index in [1.54, 1.807) is 0 Å². The second-order valence-electron chi connectivity index (χ2n) is 18.5. The molecule has 0 spiro atoms. The van der Waals surface area contributed by atoms with Crippen LogP contribution in [-0.2, 0) is 28.4 Å². The van der Waals surface area contributed by atoms with E-state index in [1.807, 2.05) is 0 Å². The zero-order valence-electron chi connectivity index (χ0n) is 32.6. The van der Waals surface area contributed by atoms with Crippen molar-refractivity contribution in [3.05, 3.63) is 0 Å². The Morgan fingerprint density at radius 3 is 2.19 bits per heavy atom. The molecule has 302 valence electrons. The zero-order chi connectivity index (χ0) is 37.7. The van der Waals surface area contributed by atoms with Crippen LogP contribution in [0.1, 0.15) is 92.4 Å². The molecule has 0 radical (unpaired) electrons. The predicted octanol–water partition coefficient (Wildman–Crippen LogP) is 2.86. The summed E-state index contributed by atoms with van der Waals surface area (Å²) in [5.41, 5.74) is 0.0249. The number of methoxy groups -OCH3 is 2. The second kappa shape index (κ2) is 16.5. The first kappa shape index (κ1) is 41.2. The first-order chi connectivity index (χ1) is 24.7. The van der Waals surface area contributed by atoms with E-state index in [-0.39, 0.29) is 47.4 Å². The lowest BCUT2D eigenvalue weighted by Crippen LogP contribution is -2.59. The van der Waals surface area contributed by atoms with Gasteiger partial charge in [-0.15, -0.1) is 0 Å². The lowest BCUT2D eigenvalue weighted by Gasteiger charge is -2.62. The molecular weight excluding hydrogens is 672 g/mol. The molecule has 0 bridgehead atoms. The molecule has 12 nitrogen and oxygen atoms in total. The van der Waals surface area contributed by atoms with Crippen LogP contribution in [-0.4, -0.2) is 132 Å². The van der Waals surface area contributed by atoms with Crippen molar-refractivity contribution in [2.75, 3.05) is 34.0 Å². The number of aliphatic hydroxyl groups excluding tert-OH is 6. The van der Waals surface area contributed by atoms with Gasteiger partial charge >= 0.3 is 0 Å². The van der Waals surface area contributed by atoms with Gasteiger partial charge in [-0.05, 0) is 110 Å². The van der Waals surface area contributed by atoms with Gasteiger partial charge in [0.05, 0.1) is 38.1 Å². The van der Waals surface area contributed by atoms with E-state index in [0.717, 1.165) is 51.4 Å². The maximum atomic E-state index is 11.8. The van der Waals surface area contributed by atoms with E-state index in [1.165, 1.54) is 14.2 Å². The third-order valence-electron chi connectivity index (χ3n) is 15.6. The van der Waals surface area contributed by atoms with Crippen LogP contribution in [0.3, 0.4) is 0 Å². The first-order valence-electron chi connectivity index (χ1n) is 20.3. The van der Waals surface area contributed by atoms with Gasteiger partial charge in [0.1, 0.15) is 36.6 Å². The SMILES string of the molecule is COC1C(O)[C@H](OC)CO[C@H]1OC1C(O)[C@H](CO)O[C@@H]1OCC(CCC(C)C1C[C@@H](O)C2C3CC(O)C4C[C@@H](O)CC[C@]4(C)C3CC[C@]12C)C(C)C. The lowest BCUT2D eigenvalue weighted by molar-refractivity contribution is -0.310. The molecule has 52 heavy (non-hydrogen) atoms. The fraction of sp³-hybridized carbons (Fsp3) is 1.00. The topological polar surface area (TPSA) is 177 Å². The van der Waals surface area contributed by atoms with Crippen LogP contribution >= 0.6 is 0 Å². The third kappa shape index (κ3) is 7.52. The van der Waals surface area contributed by atoms with Gasteiger partial charge in [-0.2, -0.15) is 0 Å². The van der Waals surface area contributed by atoms with Crippen molar-refractivity contribution >= 4 is 0 Å². The monoisotopic (exact) mass is 742 g/mol. The summed E-state index contributed by atoms with van der Waals surface area (Å²) >= 11 is 0. The van der Waals surface area contributed by atoms with Crippen LogP contribution < -0.4 is 0 Å². The maximum Gasteiger partial charge on any atom is 0.187 e. The molecule has 0 amide bonds. The molecular formula is C40H70O12. The lowest BCUT2D eigenvalue weighted by atomic mass is 9.43. The summed E-state index contributed by atoms with van der Waals surface area (Å²) < 4.78 is 35.1. The van der Waals surface area contributed by atoms with Crippen LogP contribution in [0.5, 0.6) is 0 Å². The molecule has 2 heterocycles. The van der Waals surface area contributed by atoms with E-state index in [0.29, 0.717) is 42.6 Å². The Balaban J connectivity index is 1.08. The molecule has 6 aliphatic rings. The summed E-state index contributed by atoms with van der Waals surface area (Å²) in [5, 5.41) is 65.3. The van der Waals surface area contributed by atoms with Gasteiger partial charge < -0.3 is 59.1 Å². The van der Waals surface area contributed by atoms with Crippen LogP contribution in [0.15, 0.2) is 0 Å². The quantitative estimate of drug-likeness (QED) is 0.163. The minimum absolute atomic E-state index is 0.0106. The molecule has 12 unspecified atom stereocenters. The normalized spacial score (nSPS) is 50.4. The number of aliphatic hydroxyl groups is 6. The zero-order valence-corrected chi connectivity index (χ0v) is 32.6. The molecule has 0 aromatic rings. The summed E-state index contributed by atoms with van der Waals surface area (Å²) in [7, 11) is 2.93. The number of hydrogen-bond donors (Lipinski definition) is 6. The molecule has 4 saturated carbocycles. The van der Waals surface area contributed by atoms with Gasteiger partial charge in [0.2, 0.25) is 0 Å². The Bertz CT molecular complexity index is 1160.